The number of rotatable bonds is 4. The molecule has 0 atom stereocenters. The Hall–Kier alpha value is 1.32. The van der Waals surface area contributed by atoms with Crippen molar-refractivity contribution >= 4 is 24.4 Å². The van der Waals surface area contributed by atoms with Gasteiger partial charge in [-0.25, -0.2) is 0 Å². The molecule has 0 aliphatic heterocycles. The third-order valence-corrected chi connectivity index (χ3v) is 12.9. The molecular formula is C6H10Br2Zr. The van der Waals surface area contributed by atoms with Crippen molar-refractivity contribution < 1.29 is 15.6 Å². The summed E-state index contributed by atoms with van der Waals surface area (Å²) in [6, 6.07) is 0. The van der Waals surface area contributed by atoms with Crippen LogP contribution in [0.1, 0.15) is 0 Å². The Balaban J connectivity index is 3.68. The van der Waals surface area contributed by atoms with E-state index in [2.05, 4.69) is 37.6 Å². The van der Waals surface area contributed by atoms with Gasteiger partial charge in [-0.2, -0.15) is 0 Å². The van der Waals surface area contributed by atoms with Crippen molar-refractivity contribution in [3.8, 4) is 0 Å². The monoisotopic (exact) mass is 330 g/mol. The number of halogens is 2. The van der Waals surface area contributed by atoms with Gasteiger partial charge < -0.3 is 0 Å². The first-order valence-corrected chi connectivity index (χ1v) is 17.4. The number of hydrogen-bond acceptors (Lipinski definition) is 0. The molecular weight excluding hydrogens is 323 g/mol. The quantitative estimate of drug-likeness (QED) is 0.683. The van der Waals surface area contributed by atoms with Crippen molar-refractivity contribution in [2.45, 2.75) is 8.26 Å². The van der Waals surface area contributed by atoms with Gasteiger partial charge in [0.25, 0.3) is 0 Å². The molecule has 0 nitrogen and oxygen atoms in total. The van der Waals surface area contributed by atoms with Gasteiger partial charge in [0, 0.05) is 0 Å². The van der Waals surface area contributed by atoms with Crippen LogP contribution in [-0.4, -0.2) is 0 Å². The standard InChI is InChI=1S/2C3H5.2BrH.Zr/c2*1-3-2;;;/h2*3H,1-2H2;2*1H;/q;;;;+2/p-2. The molecule has 0 rings (SSSR count). The first kappa shape index (κ1) is 10.3. The van der Waals surface area contributed by atoms with Crippen LogP contribution >= 0.6 is 24.4 Å². The van der Waals surface area contributed by atoms with Crippen LogP contribution in [0.3, 0.4) is 0 Å². The van der Waals surface area contributed by atoms with E-state index in [1.165, 1.54) is 0 Å². The normalized spacial score (nSPS) is 10.9. The van der Waals surface area contributed by atoms with E-state index in [0.717, 1.165) is 8.26 Å². The molecule has 0 saturated carbocycles. The van der Waals surface area contributed by atoms with Gasteiger partial charge in [-0.15, -0.1) is 0 Å². The average Bonchev–Trinajstić information content (AvgIpc) is 1.64. The molecule has 0 N–H and O–H groups in total. The molecule has 0 bridgehead atoms. The fourth-order valence-electron chi connectivity index (χ4n) is 0.506. The molecule has 0 spiro atoms. The summed E-state index contributed by atoms with van der Waals surface area (Å²) < 4.78 is 2.22. The van der Waals surface area contributed by atoms with E-state index < -0.39 is 15.6 Å². The van der Waals surface area contributed by atoms with Crippen LogP contribution in [0, 0.1) is 0 Å². The molecule has 0 aliphatic carbocycles. The van der Waals surface area contributed by atoms with Gasteiger partial charge in [-0.1, -0.05) is 0 Å². The third kappa shape index (κ3) is 5.75. The molecule has 0 radical (unpaired) electrons. The molecule has 0 heterocycles. The summed E-state index contributed by atoms with van der Waals surface area (Å²) in [6.07, 6.45) is 3.92. The predicted molar refractivity (Wildman–Crippen MR) is 47.9 cm³/mol. The molecule has 0 aromatic heterocycles. The Morgan fingerprint density at radius 1 is 1.11 bits per heavy atom. The van der Waals surface area contributed by atoms with E-state index in [1.54, 1.807) is 0 Å². The molecule has 0 fully saturated rings. The molecule has 9 heavy (non-hydrogen) atoms. The second kappa shape index (κ2) is 5.04. The van der Waals surface area contributed by atoms with E-state index in [4.69, 9.17) is 0 Å². The Labute approximate surface area is 72.7 Å². The average molecular weight is 333 g/mol. The van der Waals surface area contributed by atoms with Crippen LogP contribution in [-0.2, 0) is 15.6 Å². The maximum absolute atomic E-state index is 3.69. The molecule has 3 heteroatoms. The zero-order valence-corrected chi connectivity index (χ0v) is 10.9. The number of hydrogen-bond donors (Lipinski definition) is 0. The molecule has 0 saturated heterocycles. The summed E-state index contributed by atoms with van der Waals surface area (Å²) in [7, 11) is 0. The van der Waals surface area contributed by atoms with Crippen LogP contribution in [0.15, 0.2) is 25.3 Å². The van der Waals surface area contributed by atoms with E-state index in [-0.39, 0.29) is 0 Å². The van der Waals surface area contributed by atoms with Crippen molar-refractivity contribution in [1.29, 1.82) is 0 Å². The zero-order chi connectivity index (χ0) is 7.33. The van der Waals surface area contributed by atoms with Gasteiger partial charge >= 0.3 is 73.6 Å². The van der Waals surface area contributed by atoms with Crippen molar-refractivity contribution in [3.05, 3.63) is 25.3 Å². The van der Waals surface area contributed by atoms with E-state index in [9.17, 15) is 0 Å². The van der Waals surface area contributed by atoms with Crippen molar-refractivity contribution in [2.75, 3.05) is 0 Å². The van der Waals surface area contributed by atoms with Crippen molar-refractivity contribution in [1.82, 2.24) is 0 Å². The summed E-state index contributed by atoms with van der Waals surface area (Å²) in [4.78, 5) is 0. The predicted octanol–water partition coefficient (Wildman–Crippen LogP) is 3.97. The second-order valence-electron chi connectivity index (χ2n) is 1.84. The van der Waals surface area contributed by atoms with Gasteiger partial charge in [-0.05, 0) is 0 Å². The van der Waals surface area contributed by atoms with Crippen LogP contribution in [0.25, 0.3) is 0 Å². The van der Waals surface area contributed by atoms with Gasteiger partial charge in [0.05, 0.1) is 0 Å². The van der Waals surface area contributed by atoms with Crippen molar-refractivity contribution in [3.63, 3.8) is 0 Å². The van der Waals surface area contributed by atoms with Crippen LogP contribution in [0.4, 0.5) is 0 Å². The van der Waals surface area contributed by atoms with E-state index >= 15 is 0 Å². The van der Waals surface area contributed by atoms with E-state index in [1.807, 2.05) is 12.2 Å². The fraction of sp³-hybridized carbons (Fsp3) is 0.333. The van der Waals surface area contributed by atoms with Crippen LogP contribution < -0.4 is 0 Å². The van der Waals surface area contributed by atoms with Gasteiger partial charge in [0.1, 0.15) is 0 Å². The maximum atomic E-state index is 3.69. The minimum absolute atomic E-state index is 1.11. The number of allylic oxidation sites excluding steroid dienone is 2. The summed E-state index contributed by atoms with van der Waals surface area (Å²) in [6.45, 7) is 7.37. The van der Waals surface area contributed by atoms with Crippen LogP contribution in [0.2, 0.25) is 8.26 Å². The first-order valence-electron chi connectivity index (χ1n) is 2.72. The van der Waals surface area contributed by atoms with Gasteiger partial charge in [0.15, 0.2) is 0 Å². The Bertz CT molecular complexity index is 97.6. The van der Waals surface area contributed by atoms with Gasteiger partial charge in [0.2, 0.25) is 0 Å². The summed E-state index contributed by atoms with van der Waals surface area (Å²) in [5.41, 5.74) is 0. The molecule has 0 unspecified atom stereocenters. The first-order chi connectivity index (χ1) is 4.12. The molecule has 0 amide bonds. The molecule has 0 aliphatic rings. The van der Waals surface area contributed by atoms with Gasteiger partial charge in [-0.3, -0.25) is 0 Å². The Morgan fingerprint density at radius 3 is 1.67 bits per heavy atom. The Kier molecular flexibility index (Phi) is 5.78. The molecule has 0 aromatic carbocycles. The van der Waals surface area contributed by atoms with E-state index in [0.29, 0.717) is 0 Å². The summed E-state index contributed by atoms with van der Waals surface area (Å²) >= 11 is 5.39. The minimum atomic E-state index is -1.98. The summed E-state index contributed by atoms with van der Waals surface area (Å²) in [5.74, 6) is 0. The third-order valence-electron chi connectivity index (χ3n) is 0.886. The SMILES string of the molecule is C=C[CH2][Zr]([Br])([Br])[CH2]C=C. The topological polar surface area (TPSA) is 0 Å². The molecule has 0 aromatic rings. The second-order valence-corrected chi connectivity index (χ2v) is 32.3. The Morgan fingerprint density at radius 2 is 1.44 bits per heavy atom. The zero-order valence-electron chi connectivity index (χ0n) is 5.24. The van der Waals surface area contributed by atoms with Crippen LogP contribution in [0.5, 0.6) is 0 Å². The van der Waals surface area contributed by atoms with Crippen molar-refractivity contribution in [2.24, 2.45) is 0 Å². The molecule has 52 valence electrons. The fourth-order valence-corrected chi connectivity index (χ4v) is 8.41. The summed E-state index contributed by atoms with van der Waals surface area (Å²) in [5, 5.41) is 0.